The van der Waals surface area contributed by atoms with E-state index in [2.05, 4.69) is 22.4 Å². The van der Waals surface area contributed by atoms with Crippen molar-refractivity contribution < 1.29 is 14.3 Å². The molecule has 5 rings (SSSR count). The fourth-order valence-electron chi connectivity index (χ4n) is 5.08. The van der Waals surface area contributed by atoms with E-state index in [1.807, 2.05) is 34.5 Å². The Labute approximate surface area is 220 Å². The van der Waals surface area contributed by atoms with Crippen molar-refractivity contribution in [1.29, 1.82) is 0 Å². The summed E-state index contributed by atoms with van der Waals surface area (Å²) in [7, 11) is 0. The van der Waals surface area contributed by atoms with Crippen LogP contribution in [0.3, 0.4) is 0 Å². The summed E-state index contributed by atoms with van der Waals surface area (Å²) < 4.78 is 5.99. The van der Waals surface area contributed by atoms with Gasteiger partial charge < -0.3 is 15.0 Å². The molecule has 0 bridgehead atoms. The van der Waals surface area contributed by atoms with E-state index in [0.29, 0.717) is 29.6 Å². The zero-order valence-corrected chi connectivity index (χ0v) is 22.1. The van der Waals surface area contributed by atoms with Crippen molar-refractivity contribution in [3.63, 3.8) is 0 Å². The average Bonchev–Trinajstić information content (AvgIpc) is 3.53. The number of aryl methyl sites for hydroxylation is 1. The molecule has 1 saturated heterocycles. The number of piperidine rings is 1. The van der Waals surface area contributed by atoms with Crippen LogP contribution in [0.1, 0.15) is 71.7 Å². The summed E-state index contributed by atoms with van der Waals surface area (Å²) in [5.41, 5.74) is 1.97. The predicted octanol–water partition coefficient (Wildman–Crippen LogP) is 5.78. The van der Waals surface area contributed by atoms with E-state index in [1.165, 1.54) is 22.5 Å². The van der Waals surface area contributed by atoms with Gasteiger partial charge in [0.1, 0.15) is 11.4 Å². The second-order valence-corrected chi connectivity index (χ2v) is 11.2. The maximum Gasteiger partial charge on any atom is 0.271 e. The highest BCUT2D eigenvalue weighted by Gasteiger charge is 2.37. The molecule has 2 amide bonds. The number of likely N-dealkylation sites (tertiary alicyclic amines) is 1. The van der Waals surface area contributed by atoms with E-state index in [9.17, 15) is 9.59 Å². The first-order valence-corrected chi connectivity index (χ1v) is 13.6. The number of hydrogen-bond acceptors (Lipinski definition) is 5. The van der Waals surface area contributed by atoms with Gasteiger partial charge in [0, 0.05) is 24.4 Å². The minimum atomic E-state index is -1.02. The monoisotopic (exact) mass is 523 g/mol. The number of amides is 2. The van der Waals surface area contributed by atoms with Crippen LogP contribution in [0, 0.1) is 0 Å². The maximum atomic E-state index is 13.2. The molecule has 1 unspecified atom stereocenters. The molecule has 0 radical (unpaired) electrons. The third-order valence-electron chi connectivity index (χ3n) is 7.04. The van der Waals surface area contributed by atoms with Crippen molar-refractivity contribution in [2.24, 2.45) is 0 Å². The van der Waals surface area contributed by atoms with Gasteiger partial charge in [-0.1, -0.05) is 48.0 Å². The van der Waals surface area contributed by atoms with Gasteiger partial charge in [-0.05, 0) is 62.8 Å². The van der Waals surface area contributed by atoms with Gasteiger partial charge in [-0.15, -0.1) is 11.3 Å². The van der Waals surface area contributed by atoms with Gasteiger partial charge in [-0.25, -0.2) is 4.98 Å². The number of carbonyl (C=O) groups is 2. The summed E-state index contributed by atoms with van der Waals surface area (Å²) >= 11 is 7.75. The van der Waals surface area contributed by atoms with Crippen molar-refractivity contribution in [2.75, 3.05) is 13.1 Å². The number of ether oxygens (including phenoxy) is 1. The number of thiazole rings is 1. The highest BCUT2D eigenvalue weighted by atomic mass is 35.5. The second kappa shape index (κ2) is 10.2. The Kier molecular flexibility index (Phi) is 7.04. The number of fused-ring (bicyclic) bond motifs is 1. The molecule has 1 N–H and O–H groups in total. The molecule has 1 aliphatic heterocycles. The molecule has 1 fully saturated rings. The number of nitrogens with zero attached hydrogens (tertiary/aromatic N) is 2. The second-order valence-electron chi connectivity index (χ2n) is 9.94. The average molecular weight is 524 g/mol. The van der Waals surface area contributed by atoms with Crippen molar-refractivity contribution in [1.82, 2.24) is 15.2 Å². The van der Waals surface area contributed by atoms with Crippen molar-refractivity contribution in [3.8, 4) is 5.75 Å². The fraction of sp³-hybridized carbons (Fsp3) is 0.393. The van der Waals surface area contributed by atoms with E-state index in [4.69, 9.17) is 16.3 Å². The largest absolute Gasteiger partial charge is 0.476 e. The summed E-state index contributed by atoms with van der Waals surface area (Å²) in [5.74, 6) is 0.560. The number of carbonyl (C=O) groups excluding carboxylic acids is 2. The van der Waals surface area contributed by atoms with Gasteiger partial charge in [0.05, 0.1) is 16.1 Å². The highest BCUT2D eigenvalue weighted by Crippen LogP contribution is 2.34. The molecule has 3 aromatic rings. The Bertz CT molecular complexity index is 1270. The molecule has 1 aliphatic carbocycles. The molecular weight excluding hydrogens is 494 g/mol. The SMILES string of the molecule is CC(C)(Oc1ccccc1Cl)C(=O)N1CCC(c2nc(C(=O)NC3CCc4ccccc43)cs2)CC1. The van der Waals surface area contributed by atoms with Crippen molar-refractivity contribution >= 4 is 34.8 Å². The lowest BCUT2D eigenvalue weighted by molar-refractivity contribution is -0.146. The molecule has 188 valence electrons. The number of rotatable bonds is 6. The molecule has 6 nitrogen and oxygen atoms in total. The summed E-state index contributed by atoms with van der Waals surface area (Å²) in [6.45, 7) is 4.80. The summed E-state index contributed by atoms with van der Waals surface area (Å²) in [5, 5.41) is 6.46. The van der Waals surface area contributed by atoms with Crippen LogP contribution in [0.25, 0.3) is 0 Å². The first-order valence-electron chi connectivity index (χ1n) is 12.4. The quantitative estimate of drug-likeness (QED) is 0.444. The number of aromatic nitrogens is 1. The van der Waals surface area contributed by atoms with E-state index in [-0.39, 0.29) is 23.8 Å². The Hall–Kier alpha value is -2.90. The molecule has 0 spiro atoms. The van der Waals surface area contributed by atoms with Gasteiger partial charge >= 0.3 is 0 Å². The third kappa shape index (κ3) is 5.13. The van der Waals surface area contributed by atoms with Crippen LogP contribution < -0.4 is 10.1 Å². The zero-order valence-electron chi connectivity index (χ0n) is 20.5. The number of nitrogens with one attached hydrogen (secondary N) is 1. The van der Waals surface area contributed by atoms with Crippen LogP contribution >= 0.6 is 22.9 Å². The fourth-order valence-corrected chi connectivity index (χ4v) is 6.22. The lowest BCUT2D eigenvalue weighted by Gasteiger charge is -2.36. The van der Waals surface area contributed by atoms with Crippen LogP contribution in [0.5, 0.6) is 5.75 Å². The number of hydrogen-bond donors (Lipinski definition) is 1. The molecule has 36 heavy (non-hydrogen) atoms. The zero-order chi connectivity index (χ0) is 25.3. The lowest BCUT2D eigenvalue weighted by atomic mass is 9.96. The molecule has 1 atom stereocenters. The summed E-state index contributed by atoms with van der Waals surface area (Å²) in [4.78, 5) is 32.6. The number of halogens is 1. The van der Waals surface area contributed by atoms with Crippen LogP contribution in [0.4, 0.5) is 0 Å². The molecule has 2 heterocycles. The Morgan fingerprint density at radius 1 is 1.08 bits per heavy atom. The topological polar surface area (TPSA) is 71.5 Å². The Morgan fingerprint density at radius 2 is 1.81 bits per heavy atom. The smallest absolute Gasteiger partial charge is 0.271 e. The van der Waals surface area contributed by atoms with Crippen molar-refractivity contribution in [2.45, 2.75) is 57.1 Å². The van der Waals surface area contributed by atoms with E-state index < -0.39 is 5.60 Å². The van der Waals surface area contributed by atoms with Gasteiger partial charge in [0.25, 0.3) is 11.8 Å². The van der Waals surface area contributed by atoms with Crippen LogP contribution in [-0.2, 0) is 11.2 Å². The summed E-state index contributed by atoms with van der Waals surface area (Å²) in [6, 6.07) is 15.5. The molecule has 2 aliphatic rings. The van der Waals surface area contributed by atoms with Crippen LogP contribution in [0.2, 0.25) is 5.02 Å². The molecule has 8 heteroatoms. The number of para-hydroxylation sites is 1. The minimum Gasteiger partial charge on any atom is -0.476 e. The van der Waals surface area contributed by atoms with E-state index >= 15 is 0 Å². The lowest BCUT2D eigenvalue weighted by Crippen LogP contribution is -2.51. The molecule has 2 aromatic carbocycles. The minimum absolute atomic E-state index is 0.0458. The van der Waals surface area contributed by atoms with Crippen LogP contribution in [0.15, 0.2) is 53.9 Å². The predicted molar refractivity (Wildman–Crippen MR) is 142 cm³/mol. The molecule has 0 saturated carbocycles. The Balaban J connectivity index is 1.16. The van der Waals surface area contributed by atoms with Crippen LogP contribution in [-0.4, -0.2) is 40.4 Å². The standard InChI is InChI=1S/C28H30ClN3O3S/c1-28(2,35-24-10-6-5-9-21(24)29)27(34)32-15-13-19(14-16-32)26-31-23(17-36-26)25(33)30-22-12-11-18-7-3-4-8-20(18)22/h3-10,17,19,22H,11-16H2,1-2H3,(H,30,33). The first-order chi connectivity index (χ1) is 17.3. The third-order valence-corrected chi connectivity index (χ3v) is 8.36. The van der Waals surface area contributed by atoms with Gasteiger partial charge in [-0.3, -0.25) is 9.59 Å². The van der Waals surface area contributed by atoms with Gasteiger partial charge in [0.2, 0.25) is 0 Å². The van der Waals surface area contributed by atoms with E-state index in [1.54, 1.807) is 26.0 Å². The molecule has 1 aromatic heterocycles. The molecular formula is C28H30ClN3O3S. The summed E-state index contributed by atoms with van der Waals surface area (Å²) in [6.07, 6.45) is 3.52. The highest BCUT2D eigenvalue weighted by molar-refractivity contribution is 7.09. The van der Waals surface area contributed by atoms with Gasteiger partial charge in [-0.2, -0.15) is 0 Å². The van der Waals surface area contributed by atoms with E-state index in [0.717, 1.165) is 30.7 Å². The maximum absolute atomic E-state index is 13.2. The van der Waals surface area contributed by atoms with Crippen molar-refractivity contribution in [3.05, 3.63) is 80.8 Å². The Morgan fingerprint density at radius 3 is 2.58 bits per heavy atom. The van der Waals surface area contributed by atoms with Gasteiger partial charge in [0.15, 0.2) is 5.60 Å². The first kappa shape index (κ1) is 24.8. The normalized spacial score (nSPS) is 18.1. The number of benzene rings is 2.